The first-order valence-corrected chi connectivity index (χ1v) is 12.7. The fraction of sp³-hybridized carbons (Fsp3) is 0.148. The number of rotatable bonds is 5. The van der Waals surface area contributed by atoms with Crippen LogP contribution in [-0.4, -0.2) is 17.1 Å². The minimum atomic E-state index is -0.694. The lowest BCUT2D eigenvalue weighted by Crippen LogP contribution is -2.39. The summed E-state index contributed by atoms with van der Waals surface area (Å²) in [6, 6.07) is 17.3. The van der Waals surface area contributed by atoms with E-state index in [1.54, 1.807) is 62.4 Å². The Hall–Kier alpha value is -3.39. The summed E-state index contributed by atoms with van der Waals surface area (Å²) in [5.74, 6) is 0.673. The summed E-state index contributed by atoms with van der Waals surface area (Å²) in [4.78, 5) is 31.6. The molecule has 5 rings (SSSR count). The van der Waals surface area contributed by atoms with Crippen molar-refractivity contribution in [1.82, 2.24) is 4.57 Å². The smallest absolute Gasteiger partial charge is 0.338 e. The average molecular weight is 539 g/mol. The first-order chi connectivity index (χ1) is 17.4. The second-order valence-electron chi connectivity index (χ2n) is 8.06. The van der Waals surface area contributed by atoms with E-state index in [4.69, 9.17) is 32.4 Å². The fourth-order valence-electron chi connectivity index (χ4n) is 4.08. The Kier molecular flexibility index (Phi) is 6.71. The molecule has 2 aromatic heterocycles. The third-order valence-electron chi connectivity index (χ3n) is 5.73. The van der Waals surface area contributed by atoms with Crippen molar-refractivity contribution in [1.29, 1.82) is 0 Å². The van der Waals surface area contributed by atoms with Crippen molar-refractivity contribution in [2.45, 2.75) is 19.9 Å². The molecule has 1 aliphatic rings. The number of carbonyl (C=O) groups excluding carboxylic acids is 1. The molecule has 36 heavy (non-hydrogen) atoms. The first kappa shape index (κ1) is 24.3. The van der Waals surface area contributed by atoms with E-state index in [9.17, 15) is 9.59 Å². The van der Waals surface area contributed by atoms with E-state index in [1.807, 2.05) is 18.2 Å². The van der Waals surface area contributed by atoms with E-state index in [0.717, 1.165) is 11.1 Å². The Balaban J connectivity index is 1.63. The molecular formula is C27H20Cl2N2O4S. The fourth-order valence-corrected chi connectivity index (χ4v) is 5.36. The van der Waals surface area contributed by atoms with Crippen LogP contribution in [0.3, 0.4) is 0 Å². The van der Waals surface area contributed by atoms with Gasteiger partial charge in [0.2, 0.25) is 0 Å². The van der Waals surface area contributed by atoms with Crippen molar-refractivity contribution in [2.24, 2.45) is 4.99 Å². The molecule has 1 aliphatic heterocycles. The molecule has 0 saturated carbocycles. The zero-order chi connectivity index (χ0) is 25.4. The number of esters is 1. The summed E-state index contributed by atoms with van der Waals surface area (Å²) < 4.78 is 13.2. The van der Waals surface area contributed by atoms with Crippen molar-refractivity contribution in [2.75, 3.05) is 6.61 Å². The first-order valence-electron chi connectivity index (χ1n) is 11.2. The lowest BCUT2D eigenvalue weighted by molar-refractivity contribution is -0.139. The second kappa shape index (κ2) is 9.93. The molecule has 0 radical (unpaired) electrons. The molecule has 4 aromatic rings. The average Bonchev–Trinajstić information content (AvgIpc) is 3.44. The highest BCUT2D eigenvalue weighted by Crippen LogP contribution is 2.31. The molecule has 0 bridgehead atoms. The summed E-state index contributed by atoms with van der Waals surface area (Å²) in [5, 5.41) is 1.19. The maximum absolute atomic E-state index is 13.6. The van der Waals surface area contributed by atoms with Gasteiger partial charge in [0.15, 0.2) is 4.80 Å². The molecule has 0 spiro atoms. The van der Waals surface area contributed by atoms with Gasteiger partial charge in [-0.15, -0.1) is 0 Å². The van der Waals surface area contributed by atoms with Crippen LogP contribution in [-0.2, 0) is 9.53 Å². The molecule has 182 valence electrons. The Morgan fingerprint density at radius 2 is 1.75 bits per heavy atom. The topological polar surface area (TPSA) is 73.8 Å². The number of thiazole rings is 1. The molecule has 2 aromatic carbocycles. The van der Waals surface area contributed by atoms with Gasteiger partial charge in [0.05, 0.1) is 28.5 Å². The molecule has 0 fully saturated rings. The third-order valence-corrected chi connectivity index (χ3v) is 7.22. The summed E-state index contributed by atoms with van der Waals surface area (Å²) in [6.45, 7) is 3.70. The molecule has 9 heteroatoms. The quantitative estimate of drug-likeness (QED) is 0.320. The molecule has 0 saturated heterocycles. The highest BCUT2D eigenvalue weighted by atomic mass is 35.5. The molecule has 1 atom stereocenters. The van der Waals surface area contributed by atoms with Gasteiger partial charge in [0.25, 0.3) is 5.56 Å². The van der Waals surface area contributed by atoms with Crippen molar-refractivity contribution in [3.63, 3.8) is 0 Å². The predicted molar refractivity (Wildman–Crippen MR) is 141 cm³/mol. The van der Waals surface area contributed by atoms with Gasteiger partial charge in [-0.3, -0.25) is 9.36 Å². The van der Waals surface area contributed by atoms with Gasteiger partial charge >= 0.3 is 5.97 Å². The van der Waals surface area contributed by atoms with Crippen LogP contribution in [0.15, 0.2) is 86.1 Å². The SMILES string of the molecule is CCOC(=O)C1=C(C)N=c2s/c(=C\c3ccc(-c4ccc(Cl)cc4)o3)c(=O)n2[C@H]1c1ccc(Cl)cc1. The minimum Gasteiger partial charge on any atom is -0.463 e. The highest BCUT2D eigenvalue weighted by Gasteiger charge is 2.33. The number of aromatic nitrogens is 1. The van der Waals surface area contributed by atoms with E-state index in [2.05, 4.69) is 4.99 Å². The maximum Gasteiger partial charge on any atom is 0.338 e. The maximum atomic E-state index is 13.6. The number of hydrogen-bond donors (Lipinski definition) is 0. The molecule has 0 unspecified atom stereocenters. The number of fused-ring (bicyclic) bond motifs is 1. The normalized spacial score (nSPS) is 15.6. The van der Waals surface area contributed by atoms with Gasteiger partial charge in [-0.1, -0.05) is 46.7 Å². The molecule has 3 heterocycles. The molecular weight excluding hydrogens is 519 g/mol. The Morgan fingerprint density at radius 3 is 2.42 bits per heavy atom. The van der Waals surface area contributed by atoms with Gasteiger partial charge in [0.1, 0.15) is 11.5 Å². The largest absolute Gasteiger partial charge is 0.463 e. The zero-order valence-electron chi connectivity index (χ0n) is 19.3. The van der Waals surface area contributed by atoms with Crippen molar-refractivity contribution in [3.8, 4) is 11.3 Å². The van der Waals surface area contributed by atoms with Gasteiger partial charge < -0.3 is 9.15 Å². The number of hydrogen-bond acceptors (Lipinski definition) is 6. The molecule has 0 N–H and O–H groups in total. The van der Waals surface area contributed by atoms with Gasteiger partial charge in [-0.05, 0) is 67.9 Å². The van der Waals surface area contributed by atoms with Crippen molar-refractivity contribution < 1.29 is 13.9 Å². The van der Waals surface area contributed by atoms with Crippen LogP contribution >= 0.6 is 34.5 Å². The van der Waals surface area contributed by atoms with E-state index in [1.165, 1.54) is 15.9 Å². The molecule has 0 amide bonds. The third kappa shape index (κ3) is 4.57. The summed E-state index contributed by atoms with van der Waals surface area (Å²) in [5.41, 5.74) is 2.15. The number of allylic oxidation sites excluding steroid dienone is 1. The number of benzene rings is 2. The van der Waals surface area contributed by atoms with Gasteiger partial charge in [-0.2, -0.15) is 0 Å². The van der Waals surface area contributed by atoms with Crippen LogP contribution in [0.4, 0.5) is 0 Å². The Labute approximate surface area is 220 Å². The Bertz CT molecular complexity index is 1660. The van der Waals surface area contributed by atoms with E-state index in [0.29, 0.717) is 42.2 Å². The van der Waals surface area contributed by atoms with Crippen molar-refractivity contribution in [3.05, 3.63) is 113 Å². The van der Waals surface area contributed by atoms with Gasteiger partial charge in [0, 0.05) is 21.7 Å². The molecule has 6 nitrogen and oxygen atoms in total. The van der Waals surface area contributed by atoms with E-state index < -0.39 is 12.0 Å². The van der Waals surface area contributed by atoms with E-state index in [-0.39, 0.29) is 12.2 Å². The Morgan fingerprint density at radius 1 is 1.08 bits per heavy atom. The number of ether oxygens (including phenoxy) is 1. The summed E-state index contributed by atoms with van der Waals surface area (Å²) in [7, 11) is 0. The van der Waals surface area contributed by atoms with E-state index >= 15 is 0 Å². The minimum absolute atomic E-state index is 0.210. The number of furan rings is 1. The predicted octanol–water partition coefficient (Wildman–Crippen LogP) is 5.37. The van der Waals surface area contributed by atoms with Crippen LogP contribution < -0.4 is 14.9 Å². The highest BCUT2D eigenvalue weighted by molar-refractivity contribution is 7.07. The van der Waals surface area contributed by atoms with Crippen molar-refractivity contribution >= 4 is 46.6 Å². The summed E-state index contributed by atoms with van der Waals surface area (Å²) >= 11 is 13.3. The van der Waals surface area contributed by atoms with Crippen LogP contribution in [0, 0.1) is 0 Å². The lowest BCUT2D eigenvalue weighted by atomic mass is 9.96. The van der Waals surface area contributed by atoms with Crippen LogP contribution in [0.25, 0.3) is 17.4 Å². The number of carbonyl (C=O) groups is 1. The monoisotopic (exact) mass is 538 g/mol. The van der Waals surface area contributed by atoms with Crippen LogP contribution in [0.2, 0.25) is 10.0 Å². The second-order valence-corrected chi connectivity index (χ2v) is 9.94. The van der Waals surface area contributed by atoms with Gasteiger partial charge in [-0.25, -0.2) is 9.79 Å². The van der Waals surface area contributed by atoms with Crippen LogP contribution in [0.5, 0.6) is 0 Å². The lowest BCUT2D eigenvalue weighted by Gasteiger charge is -2.24. The number of nitrogens with zero attached hydrogens (tertiary/aromatic N) is 2. The standard InChI is InChI=1S/C27H20Cl2N2O4S/c1-3-34-26(33)23-15(2)30-27-31(24(23)17-6-10-19(29)11-7-17)25(32)22(36-27)14-20-12-13-21(35-20)16-4-8-18(28)9-5-16/h4-14,24H,3H2,1-2H3/b22-14-/t24-/m0/s1. The molecule has 0 aliphatic carbocycles. The number of halogens is 2. The zero-order valence-corrected chi connectivity index (χ0v) is 21.7. The van der Waals surface area contributed by atoms with Crippen LogP contribution in [0.1, 0.15) is 31.2 Å². The summed E-state index contributed by atoms with van der Waals surface area (Å²) in [6.07, 6.45) is 1.69.